The van der Waals surface area contributed by atoms with Crippen LogP contribution >= 0.6 is 0 Å². The second kappa shape index (κ2) is 8.85. The average molecular weight is 373 g/mol. The Morgan fingerprint density at radius 1 is 1.26 bits per heavy atom. The van der Waals surface area contributed by atoms with Crippen LogP contribution in [0.1, 0.15) is 20.3 Å². The lowest BCUT2D eigenvalue weighted by molar-refractivity contribution is -0.139. The molecule has 146 valence electrons. The predicted octanol–water partition coefficient (Wildman–Crippen LogP) is 1.11. The van der Waals surface area contributed by atoms with Gasteiger partial charge in [-0.05, 0) is 25.5 Å². The van der Waals surface area contributed by atoms with Gasteiger partial charge in [0.25, 0.3) is 0 Å². The Balaban J connectivity index is 1.70. The van der Waals surface area contributed by atoms with E-state index >= 15 is 0 Å². The van der Waals surface area contributed by atoms with Gasteiger partial charge in [0, 0.05) is 44.6 Å². The van der Waals surface area contributed by atoms with Crippen molar-refractivity contribution >= 4 is 17.8 Å². The highest BCUT2D eigenvalue weighted by Gasteiger charge is 2.32. The largest absolute Gasteiger partial charge is 0.463 e. The van der Waals surface area contributed by atoms with Crippen molar-refractivity contribution in [3.8, 4) is 0 Å². The first-order valence-corrected chi connectivity index (χ1v) is 9.48. The zero-order valence-electron chi connectivity index (χ0n) is 15.9. The number of ether oxygens (including phenoxy) is 1. The van der Waals surface area contributed by atoms with Crippen LogP contribution in [0.15, 0.2) is 35.7 Å². The number of hydrogen-bond donors (Lipinski definition) is 2. The van der Waals surface area contributed by atoms with Gasteiger partial charge >= 0.3 is 12.0 Å². The van der Waals surface area contributed by atoms with Crippen molar-refractivity contribution in [1.29, 1.82) is 0 Å². The van der Waals surface area contributed by atoms with E-state index in [0.717, 1.165) is 32.0 Å². The number of urea groups is 1. The molecule has 8 heteroatoms. The molecule has 0 bridgehead atoms. The number of piperazine rings is 1. The Morgan fingerprint density at radius 2 is 2.04 bits per heavy atom. The summed E-state index contributed by atoms with van der Waals surface area (Å²) in [6.07, 6.45) is 2.44. The van der Waals surface area contributed by atoms with Gasteiger partial charge in [0.05, 0.1) is 18.2 Å². The molecule has 1 atom stereocenters. The van der Waals surface area contributed by atoms with Crippen LogP contribution in [-0.2, 0) is 9.53 Å². The van der Waals surface area contributed by atoms with Crippen molar-refractivity contribution < 1.29 is 14.3 Å². The van der Waals surface area contributed by atoms with Crippen LogP contribution < -0.4 is 15.5 Å². The number of nitrogens with zero attached hydrogens (tertiary/aromatic N) is 3. The molecular weight excluding hydrogens is 346 g/mol. The number of anilines is 1. The Labute approximate surface area is 159 Å². The van der Waals surface area contributed by atoms with Gasteiger partial charge in [0.15, 0.2) is 0 Å². The van der Waals surface area contributed by atoms with E-state index in [2.05, 4.69) is 25.4 Å². The van der Waals surface area contributed by atoms with Gasteiger partial charge in [-0.25, -0.2) is 14.6 Å². The van der Waals surface area contributed by atoms with Gasteiger partial charge in [-0.2, -0.15) is 0 Å². The van der Waals surface area contributed by atoms with Crippen LogP contribution in [-0.4, -0.2) is 67.3 Å². The fourth-order valence-electron chi connectivity index (χ4n) is 3.49. The van der Waals surface area contributed by atoms with E-state index < -0.39 is 0 Å². The zero-order valence-corrected chi connectivity index (χ0v) is 15.9. The molecule has 2 amide bonds. The van der Waals surface area contributed by atoms with Crippen molar-refractivity contribution in [2.24, 2.45) is 0 Å². The van der Waals surface area contributed by atoms with Crippen molar-refractivity contribution in [1.82, 2.24) is 20.5 Å². The van der Waals surface area contributed by atoms with Crippen molar-refractivity contribution in [3.05, 3.63) is 35.7 Å². The number of nitrogens with one attached hydrogen (secondary N) is 2. The first-order valence-electron chi connectivity index (χ1n) is 9.48. The maximum atomic E-state index is 12.5. The Kier molecular flexibility index (Phi) is 6.28. The van der Waals surface area contributed by atoms with E-state index in [4.69, 9.17) is 4.74 Å². The first-order chi connectivity index (χ1) is 13.1. The summed E-state index contributed by atoms with van der Waals surface area (Å²) in [7, 11) is 0. The van der Waals surface area contributed by atoms with E-state index in [1.165, 1.54) is 0 Å². The van der Waals surface area contributed by atoms with Gasteiger partial charge in [-0.15, -0.1) is 0 Å². The van der Waals surface area contributed by atoms with E-state index in [0.29, 0.717) is 30.8 Å². The third kappa shape index (κ3) is 4.57. The fraction of sp³-hybridized carbons (Fsp3) is 0.526. The van der Waals surface area contributed by atoms with E-state index in [9.17, 15) is 9.59 Å². The van der Waals surface area contributed by atoms with Gasteiger partial charge in [-0.3, -0.25) is 4.90 Å². The molecule has 27 heavy (non-hydrogen) atoms. The summed E-state index contributed by atoms with van der Waals surface area (Å²) in [6.45, 7) is 7.91. The van der Waals surface area contributed by atoms with Crippen molar-refractivity contribution in [2.75, 3.05) is 44.2 Å². The maximum absolute atomic E-state index is 12.5. The van der Waals surface area contributed by atoms with E-state index in [1.807, 2.05) is 25.1 Å². The minimum Gasteiger partial charge on any atom is -0.463 e. The Hall–Kier alpha value is -2.61. The molecule has 0 aliphatic carbocycles. The summed E-state index contributed by atoms with van der Waals surface area (Å²) in [5.74, 6) is 0.615. The molecule has 0 saturated carbocycles. The van der Waals surface area contributed by atoms with Gasteiger partial charge < -0.3 is 20.3 Å². The Morgan fingerprint density at radius 3 is 2.67 bits per heavy atom. The molecule has 0 spiro atoms. The summed E-state index contributed by atoms with van der Waals surface area (Å²) in [4.78, 5) is 33.3. The lowest BCUT2D eigenvalue weighted by Gasteiger charge is -2.37. The van der Waals surface area contributed by atoms with Crippen LogP contribution in [0.3, 0.4) is 0 Å². The highest BCUT2D eigenvalue weighted by Crippen LogP contribution is 2.19. The molecule has 1 fully saturated rings. The molecule has 0 aromatic carbocycles. The Bertz CT molecular complexity index is 699. The second-order valence-electron chi connectivity index (χ2n) is 6.62. The number of amides is 2. The summed E-state index contributed by atoms with van der Waals surface area (Å²) in [5.41, 5.74) is 1.18. The SMILES string of the molecule is CCOC(=O)C1=C(CN2CCN(c3ccccn3)CC2)NC(=O)N[C@H]1CC. The molecule has 8 nitrogen and oxygen atoms in total. The maximum Gasteiger partial charge on any atom is 0.337 e. The highest BCUT2D eigenvalue weighted by molar-refractivity contribution is 5.94. The van der Waals surface area contributed by atoms with Crippen LogP contribution in [0.4, 0.5) is 10.6 Å². The van der Waals surface area contributed by atoms with Crippen LogP contribution in [0.5, 0.6) is 0 Å². The van der Waals surface area contributed by atoms with Gasteiger partial charge in [0.2, 0.25) is 0 Å². The van der Waals surface area contributed by atoms with Gasteiger partial charge in [-0.1, -0.05) is 13.0 Å². The summed E-state index contributed by atoms with van der Waals surface area (Å²) in [6, 6.07) is 5.32. The van der Waals surface area contributed by atoms with E-state index in [-0.39, 0.29) is 18.0 Å². The number of esters is 1. The molecule has 1 aromatic rings. The standard InChI is InChI=1S/C19H27N5O3/c1-3-14-17(18(25)27-4-2)15(22-19(26)21-14)13-23-9-11-24(12-10-23)16-7-5-6-8-20-16/h5-8,14H,3-4,9-13H2,1-2H3,(H2,21,22,26)/t14-/m0/s1. The van der Waals surface area contributed by atoms with Crippen LogP contribution in [0.2, 0.25) is 0 Å². The monoisotopic (exact) mass is 373 g/mol. The van der Waals surface area contributed by atoms with E-state index in [1.54, 1.807) is 13.1 Å². The van der Waals surface area contributed by atoms with Crippen molar-refractivity contribution in [3.63, 3.8) is 0 Å². The van der Waals surface area contributed by atoms with Gasteiger partial charge in [0.1, 0.15) is 5.82 Å². The number of hydrogen-bond acceptors (Lipinski definition) is 6. The quantitative estimate of drug-likeness (QED) is 0.727. The van der Waals surface area contributed by atoms with Crippen LogP contribution in [0, 0.1) is 0 Å². The summed E-state index contributed by atoms with van der Waals surface area (Å²) < 4.78 is 5.22. The normalized spacial score (nSPS) is 20.9. The predicted molar refractivity (Wildman–Crippen MR) is 102 cm³/mol. The number of pyridine rings is 1. The average Bonchev–Trinajstić information content (AvgIpc) is 2.69. The topological polar surface area (TPSA) is 86.8 Å². The molecule has 0 radical (unpaired) electrons. The third-order valence-electron chi connectivity index (χ3n) is 4.87. The third-order valence-corrected chi connectivity index (χ3v) is 4.87. The number of carbonyl (C=O) groups is 2. The van der Waals surface area contributed by atoms with Crippen LogP contribution in [0.25, 0.3) is 0 Å². The number of carbonyl (C=O) groups excluding carboxylic acids is 2. The highest BCUT2D eigenvalue weighted by atomic mass is 16.5. The second-order valence-corrected chi connectivity index (χ2v) is 6.62. The minimum absolute atomic E-state index is 0.267. The number of rotatable bonds is 6. The summed E-state index contributed by atoms with van der Waals surface area (Å²) in [5, 5.41) is 5.63. The first kappa shape index (κ1) is 19.2. The molecular formula is C19H27N5O3. The minimum atomic E-state index is -0.362. The molecule has 2 aliphatic heterocycles. The molecule has 2 N–H and O–H groups in total. The smallest absolute Gasteiger partial charge is 0.337 e. The molecule has 0 unspecified atom stereocenters. The lowest BCUT2D eigenvalue weighted by Crippen LogP contribution is -2.54. The number of aromatic nitrogens is 1. The zero-order chi connectivity index (χ0) is 19.2. The molecule has 1 aromatic heterocycles. The summed E-state index contributed by atoms with van der Waals surface area (Å²) >= 11 is 0. The lowest BCUT2D eigenvalue weighted by atomic mass is 10.00. The molecule has 1 saturated heterocycles. The molecule has 3 rings (SSSR count). The molecule has 3 heterocycles. The van der Waals surface area contributed by atoms with Crippen molar-refractivity contribution in [2.45, 2.75) is 26.3 Å². The fourth-order valence-corrected chi connectivity index (χ4v) is 3.49. The molecule has 2 aliphatic rings.